The average molecular weight is 353 g/mol. The van der Waals surface area contributed by atoms with E-state index in [0.717, 1.165) is 6.08 Å². The van der Waals surface area contributed by atoms with Crippen molar-refractivity contribution in [3.63, 3.8) is 0 Å². The number of benzene rings is 1. The van der Waals surface area contributed by atoms with Crippen molar-refractivity contribution >= 4 is 44.7 Å². The highest BCUT2D eigenvalue weighted by Gasteiger charge is 2.20. The number of nitrogens with zero attached hydrogens (tertiary/aromatic N) is 1. The summed E-state index contributed by atoms with van der Waals surface area (Å²) < 4.78 is 25.5. The minimum absolute atomic E-state index is 0.00611. The van der Waals surface area contributed by atoms with Crippen LogP contribution in [0.3, 0.4) is 0 Å². The van der Waals surface area contributed by atoms with Gasteiger partial charge >= 0.3 is 5.97 Å². The minimum Gasteiger partial charge on any atom is -0.478 e. The Morgan fingerprint density at radius 1 is 1.44 bits per heavy atom. The number of carbonyl (C=O) groups is 1. The van der Waals surface area contributed by atoms with Crippen LogP contribution in [0.4, 0.5) is 0 Å². The second-order valence-electron chi connectivity index (χ2n) is 2.58. The Morgan fingerprint density at radius 2 is 2.06 bits per heavy atom. The Kier molecular flexibility index (Phi) is 3.79. The van der Waals surface area contributed by atoms with E-state index in [4.69, 9.17) is 5.11 Å². The van der Waals surface area contributed by atoms with Gasteiger partial charge in [0, 0.05) is 3.57 Å². The molecule has 0 aliphatic carbocycles. The maximum absolute atomic E-state index is 11.4. The van der Waals surface area contributed by atoms with E-state index >= 15 is 0 Å². The van der Waals surface area contributed by atoms with Crippen LogP contribution in [0.25, 0.3) is 0 Å². The van der Waals surface area contributed by atoms with Gasteiger partial charge in [0.05, 0.1) is 5.56 Å². The lowest BCUT2D eigenvalue weighted by Crippen LogP contribution is -2.06. The van der Waals surface area contributed by atoms with Crippen LogP contribution in [0.15, 0.2) is 27.5 Å². The summed E-state index contributed by atoms with van der Waals surface area (Å²) in [6.45, 7) is 0. The van der Waals surface area contributed by atoms with Crippen molar-refractivity contribution in [1.82, 2.24) is 0 Å². The van der Waals surface area contributed by atoms with Crippen molar-refractivity contribution in [2.45, 2.75) is 4.90 Å². The van der Waals surface area contributed by atoms with Gasteiger partial charge in [-0.15, -0.1) is 0 Å². The highest BCUT2D eigenvalue weighted by Crippen LogP contribution is 2.23. The third-order valence-electron chi connectivity index (χ3n) is 1.63. The number of hydrogen-bond acceptors (Lipinski definition) is 4. The molecule has 0 aromatic heterocycles. The highest BCUT2D eigenvalue weighted by atomic mass is 127. The third-order valence-corrected chi connectivity index (χ3v) is 4.37. The Hall–Kier alpha value is -1.25. The van der Waals surface area contributed by atoms with E-state index < -0.39 is 16.0 Å². The summed E-state index contributed by atoms with van der Waals surface area (Å²) in [7, 11) is -4.17. The van der Waals surface area contributed by atoms with Crippen LogP contribution in [0.5, 0.6) is 0 Å². The van der Waals surface area contributed by atoms with Crippen molar-refractivity contribution in [2.24, 2.45) is 4.40 Å². The first-order valence-corrected chi connectivity index (χ1v) is 6.28. The molecule has 0 spiro atoms. The molecule has 0 aliphatic heterocycles. The third kappa shape index (κ3) is 2.46. The molecule has 6 nitrogen and oxygen atoms in total. The molecule has 0 aliphatic rings. The zero-order valence-electron chi connectivity index (χ0n) is 7.55. The number of hydrogen-bond donors (Lipinski definition) is 1. The van der Waals surface area contributed by atoms with Crippen LogP contribution in [-0.4, -0.2) is 25.6 Å². The number of rotatable bonds is 3. The van der Waals surface area contributed by atoms with Crippen LogP contribution in [0.1, 0.15) is 10.4 Å². The van der Waals surface area contributed by atoms with Crippen LogP contribution in [0, 0.1) is 3.57 Å². The van der Waals surface area contributed by atoms with Crippen LogP contribution in [0.2, 0.25) is 0 Å². The summed E-state index contributed by atoms with van der Waals surface area (Å²) >= 11 is 1.57. The van der Waals surface area contributed by atoms with Gasteiger partial charge in [0.15, 0.2) is 0 Å². The summed E-state index contributed by atoms with van der Waals surface area (Å²) in [5.41, 5.74) is -0.164. The molecule has 0 amide bonds. The average Bonchev–Trinajstić information content (AvgIpc) is 2.17. The molecule has 16 heavy (non-hydrogen) atoms. The molecule has 0 unspecified atom stereocenters. The Balaban J connectivity index is 3.55. The fourth-order valence-electron chi connectivity index (χ4n) is 0.973. The van der Waals surface area contributed by atoms with E-state index in [-0.39, 0.29) is 14.0 Å². The largest absolute Gasteiger partial charge is 0.478 e. The quantitative estimate of drug-likeness (QED) is 0.497. The zero-order chi connectivity index (χ0) is 12.3. The molecule has 0 heterocycles. The van der Waals surface area contributed by atoms with E-state index in [1.54, 1.807) is 22.6 Å². The molecular formula is C8H4INO5S. The Morgan fingerprint density at radius 3 is 2.56 bits per heavy atom. The second kappa shape index (κ2) is 4.73. The molecule has 1 N–H and O–H groups in total. The van der Waals surface area contributed by atoms with Gasteiger partial charge in [-0.25, -0.2) is 9.59 Å². The lowest BCUT2D eigenvalue weighted by molar-refractivity contribution is 0.0695. The first-order valence-electron chi connectivity index (χ1n) is 3.76. The fraction of sp³-hybridized carbons (Fsp3) is 0. The maximum atomic E-state index is 11.4. The van der Waals surface area contributed by atoms with Crippen molar-refractivity contribution in [2.75, 3.05) is 0 Å². The van der Waals surface area contributed by atoms with E-state index in [1.807, 2.05) is 0 Å². The molecule has 1 aromatic carbocycles. The predicted molar refractivity (Wildman–Crippen MR) is 61.4 cm³/mol. The van der Waals surface area contributed by atoms with Gasteiger partial charge in [0.2, 0.25) is 0 Å². The molecule has 84 valence electrons. The van der Waals surface area contributed by atoms with Crippen LogP contribution < -0.4 is 0 Å². The topological polar surface area (TPSA) is 101 Å². The SMILES string of the molecule is O=C=NS(=O)(=O)c1cccc(C(=O)O)c1I. The molecule has 0 bridgehead atoms. The number of sulfonamides is 1. The summed E-state index contributed by atoms with van der Waals surface area (Å²) in [6, 6.07) is 3.69. The molecule has 1 rings (SSSR count). The molecule has 0 radical (unpaired) electrons. The van der Waals surface area contributed by atoms with Crippen LogP contribution in [-0.2, 0) is 14.8 Å². The standard InChI is InChI=1S/C8H4INO5S/c9-7-5(8(12)13)2-1-3-6(7)16(14,15)10-4-11/h1-3H,(H,12,13). The lowest BCUT2D eigenvalue weighted by atomic mass is 10.2. The number of isocyanates is 1. The van der Waals surface area contributed by atoms with E-state index in [1.165, 1.54) is 18.2 Å². The second-order valence-corrected chi connectivity index (χ2v) is 5.23. The molecule has 0 saturated heterocycles. The van der Waals surface area contributed by atoms with E-state index in [2.05, 4.69) is 4.40 Å². The van der Waals surface area contributed by atoms with Crippen LogP contribution >= 0.6 is 22.6 Å². The summed E-state index contributed by atoms with van der Waals surface area (Å²) in [5.74, 6) is -1.25. The fourth-order valence-corrected chi connectivity index (χ4v) is 3.18. The number of carboxylic acids is 1. The summed E-state index contributed by atoms with van der Waals surface area (Å²) in [5, 5.41) is 8.78. The Bertz CT molecular complexity index is 588. The summed E-state index contributed by atoms with van der Waals surface area (Å²) in [4.78, 5) is 20.4. The molecule has 1 aromatic rings. The molecule has 0 saturated carbocycles. The van der Waals surface area contributed by atoms with Gasteiger partial charge in [-0.05, 0) is 34.7 Å². The predicted octanol–water partition coefficient (Wildman–Crippen LogP) is 1.01. The van der Waals surface area contributed by atoms with Crippen molar-refractivity contribution in [3.05, 3.63) is 27.3 Å². The highest BCUT2D eigenvalue weighted by molar-refractivity contribution is 14.1. The van der Waals surface area contributed by atoms with Crippen molar-refractivity contribution in [1.29, 1.82) is 0 Å². The maximum Gasteiger partial charge on any atom is 0.336 e. The molecule has 8 heteroatoms. The Labute approximate surface area is 104 Å². The van der Waals surface area contributed by atoms with Crippen molar-refractivity contribution < 1.29 is 23.1 Å². The van der Waals surface area contributed by atoms with E-state index in [9.17, 15) is 18.0 Å². The molecule has 0 fully saturated rings. The van der Waals surface area contributed by atoms with E-state index in [0.29, 0.717) is 0 Å². The van der Waals surface area contributed by atoms with Gasteiger partial charge in [-0.1, -0.05) is 10.5 Å². The normalized spacial score (nSPS) is 10.6. The molecular weight excluding hydrogens is 349 g/mol. The number of halogens is 1. The number of aromatic carboxylic acids is 1. The lowest BCUT2D eigenvalue weighted by Gasteiger charge is -2.03. The van der Waals surface area contributed by atoms with Gasteiger partial charge in [0.25, 0.3) is 16.1 Å². The first-order chi connectivity index (χ1) is 7.40. The zero-order valence-corrected chi connectivity index (χ0v) is 10.5. The smallest absolute Gasteiger partial charge is 0.336 e. The monoisotopic (exact) mass is 353 g/mol. The number of carbonyl (C=O) groups excluding carboxylic acids is 1. The van der Waals surface area contributed by atoms with Gasteiger partial charge in [-0.2, -0.15) is 8.42 Å². The van der Waals surface area contributed by atoms with Gasteiger partial charge in [-0.3, -0.25) is 0 Å². The summed E-state index contributed by atoms with van der Waals surface area (Å²) in [6.07, 6.45) is 0.919. The molecule has 0 atom stereocenters. The van der Waals surface area contributed by atoms with Gasteiger partial charge in [0.1, 0.15) is 4.90 Å². The van der Waals surface area contributed by atoms with Crippen molar-refractivity contribution in [3.8, 4) is 0 Å². The minimum atomic E-state index is -4.17. The first kappa shape index (κ1) is 12.8. The van der Waals surface area contributed by atoms with Gasteiger partial charge < -0.3 is 5.11 Å². The number of carboxylic acid groups (broad SMARTS) is 1.